The molecule has 1 aromatic rings. The molecule has 104 valence electrons. The van der Waals surface area contributed by atoms with E-state index in [4.69, 9.17) is 5.73 Å². The first-order chi connectivity index (χ1) is 9.24. The van der Waals surface area contributed by atoms with Crippen molar-refractivity contribution in [2.75, 3.05) is 31.9 Å². The maximum Gasteiger partial charge on any atom is 0.0346 e. The average Bonchev–Trinajstić information content (AvgIpc) is 2.44. The molecular weight excluding hydrogens is 234 g/mol. The van der Waals surface area contributed by atoms with Crippen LogP contribution in [0.5, 0.6) is 0 Å². The number of nitrogen functional groups attached to an aromatic ring is 1. The molecule has 2 fully saturated rings. The SMILES string of the molecule is Cc1c(N)cccc1CN1CCN2CCCCC2C1. The highest BCUT2D eigenvalue weighted by Crippen LogP contribution is 2.23. The molecule has 2 aliphatic rings. The Balaban J connectivity index is 1.66. The van der Waals surface area contributed by atoms with E-state index in [0.29, 0.717) is 0 Å². The molecule has 3 nitrogen and oxygen atoms in total. The summed E-state index contributed by atoms with van der Waals surface area (Å²) < 4.78 is 0. The van der Waals surface area contributed by atoms with Crippen LogP contribution >= 0.6 is 0 Å². The van der Waals surface area contributed by atoms with E-state index in [-0.39, 0.29) is 0 Å². The fraction of sp³-hybridized carbons (Fsp3) is 0.625. The van der Waals surface area contributed by atoms with Crippen LogP contribution in [-0.2, 0) is 6.54 Å². The molecule has 1 atom stereocenters. The molecular formula is C16H25N3. The number of benzene rings is 1. The van der Waals surface area contributed by atoms with Crippen molar-refractivity contribution in [1.82, 2.24) is 9.80 Å². The highest BCUT2D eigenvalue weighted by Gasteiger charge is 2.28. The molecule has 0 amide bonds. The maximum absolute atomic E-state index is 6.01. The third kappa shape index (κ3) is 2.77. The van der Waals surface area contributed by atoms with E-state index < -0.39 is 0 Å². The third-order valence-electron chi connectivity index (χ3n) is 4.80. The Hall–Kier alpha value is -1.06. The van der Waals surface area contributed by atoms with Gasteiger partial charge in [-0.2, -0.15) is 0 Å². The van der Waals surface area contributed by atoms with E-state index >= 15 is 0 Å². The molecule has 2 saturated heterocycles. The van der Waals surface area contributed by atoms with Crippen molar-refractivity contribution >= 4 is 5.69 Å². The van der Waals surface area contributed by atoms with Gasteiger partial charge >= 0.3 is 0 Å². The molecule has 0 radical (unpaired) electrons. The number of nitrogens with zero attached hydrogens (tertiary/aromatic N) is 2. The van der Waals surface area contributed by atoms with E-state index in [1.165, 1.54) is 56.6 Å². The van der Waals surface area contributed by atoms with Crippen LogP contribution in [0.4, 0.5) is 5.69 Å². The molecule has 3 heteroatoms. The smallest absolute Gasteiger partial charge is 0.0346 e. The standard InChI is InChI=1S/C16H25N3/c1-13-14(5-4-7-16(13)17)11-18-9-10-19-8-3-2-6-15(19)12-18/h4-5,7,15H,2-3,6,8-12,17H2,1H3. The van der Waals surface area contributed by atoms with Crippen molar-refractivity contribution in [3.8, 4) is 0 Å². The van der Waals surface area contributed by atoms with Gasteiger partial charge in [0.2, 0.25) is 0 Å². The fourth-order valence-corrected chi connectivity index (χ4v) is 3.48. The number of fused-ring (bicyclic) bond motifs is 1. The first kappa shape index (κ1) is 12.9. The van der Waals surface area contributed by atoms with E-state index in [9.17, 15) is 0 Å². The van der Waals surface area contributed by atoms with Crippen molar-refractivity contribution in [1.29, 1.82) is 0 Å². The number of piperazine rings is 1. The van der Waals surface area contributed by atoms with Gasteiger partial charge in [-0.3, -0.25) is 9.80 Å². The summed E-state index contributed by atoms with van der Waals surface area (Å²) in [6.07, 6.45) is 4.18. The molecule has 1 unspecified atom stereocenters. The second-order valence-corrected chi connectivity index (χ2v) is 6.05. The number of anilines is 1. The minimum absolute atomic E-state index is 0.795. The van der Waals surface area contributed by atoms with Crippen molar-refractivity contribution in [3.05, 3.63) is 29.3 Å². The Kier molecular flexibility index (Phi) is 3.76. The van der Waals surface area contributed by atoms with Crippen molar-refractivity contribution in [2.45, 2.75) is 38.8 Å². The number of piperidine rings is 1. The summed E-state index contributed by atoms with van der Waals surface area (Å²) in [6.45, 7) is 8.18. The van der Waals surface area contributed by atoms with Gasteiger partial charge in [0.05, 0.1) is 0 Å². The van der Waals surface area contributed by atoms with Crippen LogP contribution < -0.4 is 5.73 Å². The van der Waals surface area contributed by atoms with E-state index in [1.807, 2.05) is 6.07 Å². The average molecular weight is 259 g/mol. The Morgan fingerprint density at radius 3 is 3.00 bits per heavy atom. The number of hydrogen-bond acceptors (Lipinski definition) is 3. The van der Waals surface area contributed by atoms with Gasteiger partial charge in [-0.1, -0.05) is 18.6 Å². The molecule has 19 heavy (non-hydrogen) atoms. The molecule has 0 saturated carbocycles. The van der Waals surface area contributed by atoms with Crippen LogP contribution in [0.15, 0.2) is 18.2 Å². The summed E-state index contributed by atoms with van der Waals surface area (Å²) in [4.78, 5) is 5.29. The first-order valence-electron chi connectivity index (χ1n) is 7.54. The Morgan fingerprint density at radius 1 is 1.21 bits per heavy atom. The maximum atomic E-state index is 6.01. The quantitative estimate of drug-likeness (QED) is 0.827. The summed E-state index contributed by atoms with van der Waals surface area (Å²) in [5.41, 5.74) is 9.58. The Labute approximate surface area is 116 Å². The van der Waals surface area contributed by atoms with Crippen LogP contribution in [0.2, 0.25) is 0 Å². The predicted molar refractivity (Wildman–Crippen MR) is 80.1 cm³/mol. The van der Waals surface area contributed by atoms with Crippen LogP contribution in [0, 0.1) is 6.92 Å². The van der Waals surface area contributed by atoms with Gasteiger partial charge in [0, 0.05) is 37.9 Å². The van der Waals surface area contributed by atoms with Gasteiger partial charge in [0.25, 0.3) is 0 Å². The lowest BCUT2D eigenvalue weighted by Crippen LogP contribution is -2.54. The fourth-order valence-electron chi connectivity index (χ4n) is 3.48. The van der Waals surface area contributed by atoms with Crippen LogP contribution in [0.3, 0.4) is 0 Å². The predicted octanol–water partition coefficient (Wildman–Crippen LogP) is 2.25. The zero-order chi connectivity index (χ0) is 13.2. The second-order valence-electron chi connectivity index (χ2n) is 6.05. The first-order valence-corrected chi connectivity index (χ1v) is 7.54. The normalized spacial score (nSPS) is 25.2. The highest BCUT2D eigenvalue weighted by molar-refractivity contribution is 5.49. The third-order valence-corrected chi connectivity index (χ3v) is 4.80. The van der Waals surface area contributed by atoms with Gasteiger partial charge in [0.1, 0.15) is 0 Å². The van der Waals surface area contributed by atoms with Gasteiger partial charge in [-0.15, -0.1) is 0 Å². The van der Waals surface area contributed by atoms with E-state index in [1.54, 1.807) is 0 Å². The minimum atomic E-state index is 0.795. The zero-order valence-electron chi connectivity index (χ0n) is 11.9. The van der Waals surface area contributed by atoms with Crippen molar-refractivity contribution in [3.63, 3.8) is 0 Å². The lowest BCUT2D eigenvalue weighted by Gasteiger charge is -2.44. The number of hydrogen-bond donors (Lipinski definition) is 1. The van der Waals surface area contributed by atoms with Crippen molar-refractivity contribution < 1.29 is 0 Å². The summed E-state index contributed by atoms with van der Waals surface area (Å²) in [5, 5.41) is 0. The monoisotopic (exact) mass is 259 g/mol. The summed E-state index contributed by atoms with van der Waals surface area (Å²) in [6, 6.07) is 7.09. The molecule has 0 spiro atoms. The minimum Gasteiger partial charge on any atom is -0.399 e. The topological polar surface area (TPSA) is 32.5 Å². The Morgan fingerprint density at radius 2 is 2.11 bits per heavy atom. The summed E-state index contributed by atoms with van der Waals surface area (Å²) in [5.74, 6) is 0. The van der Waals surface area contributed by atoms with Crippen molar-refractivity contribution in [2.24, 2.45) is 0 Å². The number of nitrogens with two attached hydrogens (primary N) is 1. The molecule has 0 aromatic heterocycles. The largest absolute Gasteiger partial charge is 0.399 e. The molecule has 1 aromatic carbocycles. The van der Waals surface area contributed by atoms with Crippen LogP contribution in [0.1, 0.15) is 30.4 Å². The molecule has 0 aliphatic carbocycles. The van der Waals surface area contributed by atoms with Gasteiger partial charge in [-0.05, 0) is 43.5 Å². The molecule has 2 aliphatic heterocycles. The van der Waals surface area contributed by atoms with Gasteiger partial charge in [0.15, 0.2) is 0 Å². The Bertz CT molecular complexity index is 444. The molecule has 3 rings (SSSR count). The van der Waals surface area contributed by atoms with Crippen LogP contribution in [0.25, 0.3) is 0 Å². The molecule has 0 bridgehead atoms. The zero-order valence-corrected chi connectivity index (χ0v) is 11.9. The van der Waals surface area contributed by atoms with Crippen LogP contribution in [-0.4, -0.2) is 42.0 Å². The summed E-state index contributed by atoms with van der Waals surface area (Å²) in [7, 11) is 0. The number of rotatable bonds is 2. The van der Waals surface area contributed by atoms with Gasteiger partial charge in [-0.25, -0.2) is 0 Å². The van der Waals surface area contributed by atoms with E-state index in [2.05, 4.69) is 28.9 Å². The second kappa shape index (κ2) is 5.51. The molecule has 2 heterocycles. The highest BCUT2D eigenvalue weighted by atomic mass is 15.3. The van der Waals surface area contributed by atoms with E-state index in [0.717, 1.165) is 18.3 Å². The molecule has 2 N–H and O–H groups in total. The lowest BCUT2D eigenvalue weighted by molar-refractivity contribution is 0.0456. The van der Waals surface area contributed by atoms with Gasteiger partial charge < -0.3 is 5.73 Å². The summed E-state index contributed by atoms with van der Waals surface area (Å²) >= 11 is 0. The lowest BCUT2D eigenvalue weighted by atomic mass is 9.98.